The fourth-order valence-electron chi connectivity index (χ4n) is 4.57. The lowest BCUT2D eigenvalue weighted by molar-refractivity contribution is 0.0503. The third kappa shape index (κ3) is 169. The Kier molecular flexibility index (Phi) is 255. The largest absolute Gasteiger partial charge is 0.379 e. The Morgan fingerprint density at radius 2 is 0.667 bits per heavy atom. The topological polar surface area (TPSA) is 136 Å². The van der Waals surface area contributed by atoms with Crippen molar-refractivity contribution >= 4 is 11.8 Å². The molecule has 5 aromatic heterocycles. The summed E-state index contributed by atoms with van der Waals surface area (Å²) in [7, 11) is 18.1. The summed E-state index contributed by atoms with van der Waals surface area (Å²) in [6, 6.07) is 5.89. The fourth-order valence-corrected chi connectivity index (χ4v) is 5.66. The molecule has 5 aromatic rings. The predicted octanol–water partition coefficient (Wildman–Crippen LogP) is 20.8. The number of likely N-dealkylation sites (tertiary alicyclic amines) is 1. The van der Waals surface area contributed by atoms with Gasteiger partial charge in [-0.3, -0.25) is 9.36 Å². The van der Waals surface area contributed by atoms with E-state index in [0.29, 0.717) is 0 Å². The number of hydrogen-bond donors (Lipinski definition) is 1. The molecule has 18 heteroatoms. The van der Waals surface area contributed by atoms with Crippen LogP contribution in [0.2, 0.25) is 0 Å². The van der Waals surface area contributed by atoms with Crippen LogP contribution in [0.5, 0.6) is 0 Å². The van der Waals surface area contributed by atoms with Crippen molar-refractivity contribution in [3.8, 4) is 0 Å². The molecule has 0 saturated carbocycles. The molecule has 574 valence electrons. The summed E-state index contributed by atoms with van der Waals surface area (Å²) in [5, 5.41) is 17.9. The number of rotatable bonds is 0. The minimum absolute atomic E-state index is 0.913. The second kappa shape index (κ2) is 173. The molecule has 0 amide bonds. The maximum atomic E-state index is 5.10. The Hall–Kier alpha value is -3.91. The molecule has 4 aliphatic heterocycles. The number of piperazine rings is 1. The first-order valence-electron chi connectivity index (χ1n) is 37.6. The summed E-state index contributed by atoms with van der Waals surface area (Å²) in [6.45, 7) is 86.0. The number of morpholine rings is 1. The highest BCUT2D eigenvalue weighted by atomic mass is 32.2. The van der Waals surface area contributed by atoms with Gasteiger partial charge in [0, 0.05) is 136 Å². The Labute approximate surface area is 594 Å². The average molecular weight is 1360 g/mol. The number of nitrogens with zero attached hydrogens (tertiary/aromatic N) is 15. The van der Waals surface area contributed by atoms with Crippen LogP contribution in [0.25, 0.3) is 0 Å². The molecule has 1 N–H and O–H groups in total. The normalized spacial score (nSPS) is 11.4. The van der Waals surface area contributed by atoms with E-state index < -0.39 is 0 Å². The molecule has 4 fully saturated rings. The Morgan fingerprint density at radius 3 is 0.796 bits per heavy atom. The second-order valence-corrected chi connectivity index (χ2v) is 15.1. The summed E-state index contributed by atoms with van der Waals surface area (Å²) >= 11 is 2.06. The van der Waals surface area contributed by atoms with Crippen molar-refractivity contribution in [2.24, 2.45) is 35.2 Å². The van der Waals surface area contributed by atoms with Crippen LogP contribution < -0.4 is 5.32 Å². The van der Waals surface area contributed by atoms with Crippen molar-refractivity contribution < 1.29 is 4.74 Å². The summed E-state index contributed by atoms with van der Waals surface area (Å²) in [4.78, 5) is 16.8. The predicted molar refractivity (Wildman–Crippen MR) is 438 cm³/mol. The minimum atomic E-state index is 0.913. The molecule has 93 heavy (non-hydrogen) atoms. The zero-order valence-electron chi connectivity index (χ0n) is 72.4. The molecule has 4 aliphatic rings. The van der Waals surface area contributed by atoms with Gasteiger partial charge in [-0.2, -0.15) is 22.0 Å². The van der Waals surface area contributed by atoms with Crippen LogP contribution in [-0.4, -0.2) is 191 Å². The highest BCUT2D eigenvalue weighted by Crippen LogP contribution is 2.06. The van der Waals surface area contributed by atoms with Gasteiger partial charge >= 0.3 is 0 Å². The van der Waals surface area contributed by atoms with Crippen molar-refractivity contribution in [3.63, 3.8) is 0 Å². The molecule has 0 bridgehead atoms. The maximum Gasteiger partial charge on any atom is 0.137 e. The maximum absolute atomic E-state index is 5.10. The molecule has 0 unspecified atom stereocenters. The zero-order valence-corrected chi connectivity index (χ0v) is 73.2. The van der Waals surface area contributed by atoms with Crippen molar-refractivity contribution in [3.05, 3.63) is 87.0 Å². The van der Waals surface area contributed by atoms with Gasteiger partial charge in [0.1, 0.15) is 25.3 Å². The van der Waals surface area contributed by atoms with Gasteiger partial charge in [0.25, 0.3) is 0 Å². The highest BCUT2D eigenvalue weighted by molar-refractivity contribution is 7.99. The van der Waals surface area contributed by atoms with Gasteiger partial charge in [-0.05, 0) is 72.3 Å². The van der Waals surface area contributed by atoms with Gasteiger partial charge in [-0.25, -0.2) is 9.97 Å². The molecule has 4 saturated heterocycles. The number of imidazole rings is 1. The third-order valence-electron chi connectivity index (χ3n) is 8.23. The Bertz CT molecular complexity index is 1220. The monoisotopic (exact) mass is 1360 g/mol. The summed E-state index contributed by atoms with van der Waals surface area (Å²) in [6.07, 6.45) is 22.3. The lowest BCUT2D eigenvalue weighted by Gasteiger charge is -2.21. The first kappa shape index (κ1) is 137. The van der Waals surface area contributed by atoms with Gasteiger partial charge in [0.2, 0.25) is 0 Å². The van der Waals surface area contributed by atoms with Crippen LogP contribution in [0, 0.1) is 0 Å². The van der Waals surface area contributed by atoms with E-state index in [2.05, 4.69) is 95.2 Å². The smallest absolute Gasteiger partial charge is 0.137 e. The molecular weight excluding hydrogens is 1170 g/mol. The molecule has 9 rings (SSSR count). The van der Waals surface area contributed by atoms with Crippen LogP contribution in [0.3, 0.4) is 0 Å². The fraction of sp³-hybridized carbons (Fsp3) is 0.813. The molecule has 0 aromatic carbocycles. The van der Waals surface area contributed by atoms with E-state index in [0.717, 1.165) is 39.4 Å². The summed E-state index contributed by atoms with van der Waals surface area (Å²) in [5.74, 6) is 2.66. The molecule has 9 heterocycles. The molecule has 0 atom stereocenters. The van der Waals surface area contributed by atoms with Crippen LogP contribution in [0.4, 0.5) is 0 Å². The quantitative estimate of drug-likeness (QED) is 0.158. The van der Waals surface area contributed by atoms with Crippen molar-refractivity contribution in [2.45, 2.75) is 262 Å². The number of hydrogen-bond acceptors (Lipinski definition) is 13. The average Bonchev–Trinajstić information content (AvgIpc) is 4.64. The highest BCUT2D eigenvalue weighted by Gasteiger charge is 2.04. The van der Waals surface area contributed by atoms with E-state index in [4.69, 9.17) is 4.74 Å². The second-order valence-electron chi connectivity index (χ2n) is 13.8. The molecule has 0 radical (unpaired) electrons. The van der Waals surface area contributed by atoms with Crippen LogP contribution in [0.1, 0.15) is 262 Å². The number of aryl methyl sites for hydroxylation is 5. The number of aromatic nitrogens is 11. The van der Waals surface area contributed by atoms with Gasteiger partial charge in [0.15, 0.2) is 0 Å². The van der Waals surface area contributed by atoms with E-state index in [1.54, 1.807) is 51.6 Å². The lowest BCUT2D eigenvalue weighted by atomic mass is 10.4. The Morgan fingerprint density at radius 1 is 0.312 bits per heavy atom. The molecule has 0 aliphatic carbocycles. The number of thioether (sulfide) groups is 1. The van der Waals surface area contributed by atoms with Gasteiger partial charge in [-0.1, -0.05) is 249 Å². The van der Waals surface area contributed by atoms with Gasteiger partial charge in [0.05, 0.1) is 19.5 Å². The van der Waals surface area contributed by atoms with Crippen molar-refractivity contribution in [2.75, 3.05) is 118 Å². The first-order chi connectivity index (χ1) is 45.5. The third-order valence-corrected chi connectivity index (χ3v) is 9.18. The van der Waals surface area contributed by atoms with Gasteiger partial charge in [-0.15, -0.1) is 10.2 Å². The standard InChI is InChI=1S/C5H12N2.C5H11NO.C5H11NS.C5H11N.C5H7N.2C4H6N2.2C3H5N3.18C2H6/c1-7-4-2-6-3-5-7;2*1-6-2-4-7-5-3-6;2*1-6-4-2-3-5-6;1-6-3-2-5-4-6;1-6-4-2-3-5-6;1-6-2-4-5-3-6;1-6-3-4-2-5-6;18*1-2/h6H,2-5H2,1H3;2*2-5H2,1H3;2-5H2,1H3;2-5H,1H3;2*2-4H,1H3;2*2-3H,1H3;18*1-2H3. The van der Waals surface area contributed by atoms with Gasteiger partial charge < -0.3 is 43.4 Å². The van der Waals surface area contributed by atoms with Crippen LogP contribution in [-0.2, 0) is 40.0 Å². The van der Waals surface area contributed by atoms with E-state index in [1.165, 1.54) is 69.9 Å². The van der Waals surface area contributed by atoms with Crippen molar-refractivity contribution in [1.82, 2.24) is 78.3 Å². The molecule has 0 spiro atoms. The Balaban J connectivity index is -0.0000000401. The summed E-state index contributed by atoms with van der Waals surface area (Å²) in [5.41, 5.74) is 0. The van der Waals surface area contributed by atoms with Crippen LogP contribution in [0.15, 0.2) is 87.0 Å². The first-order valence-corrected chi connectivity index (χ1v) is 38.8. The van der Waals surface area contributed by atoms with Crippen LogP contribution >= 0.6 is 11.8 Å². The van der Waals surface area contributed by atoms with E-state index in [-0.39, 0.29) is 0 Å². The number of nitrogens with one attached hydrogen (secondary N) is 1. The van der Waals surface area contributed by atoms with E-state index >= 15 is 0 Å². The van der Waals surface area contributed by atoms with Crippen molar-refractivity contribution in [1.29, 1.82) is 0 Å². The number of likely N-dealkylation sites (N-methyl/N-ethyl adjacent to an activating group) is 2. The molecular formula is C75H182N16OS. The van der Waals surface area contributed by atoms with E-state index in [9.17, 15) is 0 Å². The summed E-state index contributed by atoms with van der Waals surface area (Å²) < 4.78 is 14.2. The zero-order chi connectivity index (χ0) is 77.8. The minimum Gasteiger partial charge on any atom is -0.379 e. The lowest BCUT2D eigenvalue weighted by Crippen LogP contribution is -2.40. The number of ether oxygens (including phenoxy) is 1. The molecule has 17 nitrogen and oxygen atoms in total. The van der Waals surface area contributed by atoms with E-state index in [1.807, 2.05) is 337 Å². The SMILES string of the molecule is CC.CC.CC.CC.CC.CC.CC.CC.CC.CC.CC.CC.CC.CC.CC.CC.CC.CC.CN1CCCC1.CN1CCNCC1.CN1CCOCC1.CN1CCSCC1.Cn1cccc1.Cn1cccn1.Cn1ccnc1.Cn1cncn1.Cn1cnnc1.